The summed E-state index contributed by atoms with van der Waals surface area (Å²) in [7, 11) is 0. The van der Waals surface area contributed by atoms with Crippen molar-refractivity contribution in [1.29, 1.82) is 5.26 Å². The zero-order valence-electron chi connectivity index (χ0n) is 11.3. The summed E-state index contributed by atoms with van der Waals surface area (Å²) in [6.45, 7) is 0.916. The van der Waals surface area contributed by atoms with Crippen molar-refractivity contribution in [2.24, 2.45) is 0 Å². The number of hydrogen-bond donors (Lipinski definition) is 0. The average Bonchev–Trinajstić information content (AvgIpc) is 3.11. The Bertz CT molecular complexity index is 728. The summed E-state index contributed by atoms with van der Waals surface area (Å²) in [5, 5.41) is 9.44. The summed E-state index contributed by atoms with van der Waals surface area (Å²) < 4.78 is 0. The summed E-state index contributed by atoms with van der Waals surface area (Å²) in [6.07, 6.45) is 4.30. The number of hydrogen-bond acceptors (Lipinski definition) is 3. The first-order chi connectivity index (χ1) is 9.86. The Hall–Kier alpha value is -2.34. The third kappa shape index (κ3) is 1.61. The molecule has 0 spiro atoms. The molecule has 2 heterocycles. The Balaban J connectivity index is 1.86. The van der Waals surface area contributed by atoms with Gasteiger partial charge in [0, 0.05) is 17.9 Å². The minimum absolute atomic E-state index is 0.711. The fourth-order valence-electron chi connectivity index (χ4n) is 3.31. The molecule has 0 amide bonds. The molecule has 1 aromatic heterocycles. The average molecular weight is 261 g/mol. The number of benzene rings is 1. The molecule has 4 rings (SSSR count). The van der Waals surface area contributed by atoms with Crippen molar-refractivity contribution in [1.82, 2.24) is 4.98 Å². The fraction of sp³-hybridized carbons (Fsp3) is 0.294. The van der Waals surface area contributed by atoms with Crippen LogP contribution in [0.1, 0.15) is 28.8 Å². The van der Waals surface area contributed by atoms with Crippen LogP contribution in [-0.2, 0) is 19.3 Å². The van der Waals surface area contributed by atoms with E-state index >= 15 is 0 Å². The second-order valence-corrected chi connectivity index (χ2v) is 5.46. The van der Waals surface area contributed by atoms with Crippen LogP contribution in [0.5, 0.6) is 0 Å². The molecule has 0 atom stereocenters. The molecule has 0 fully saturated rings. The van der Waals surface area contributed by atoms with Gasteiger partial charge in [-0.3, -0.25) is 0 Å². The topological polar surface area (TPSA) is 39.9 Å². The monoisotopic (exact) mass is 261 g/mol. The molecular formula is C17H15N3. The standard InChI is InChI=1S/C17H15N3/c18-11-14-10-13-5-3-6-15(13)19-17(14)20-9-8-12-4-1-2-7-16(12)20/h1-2,4,7,10H,3,5-6,8-9H2. The highest BCUT2D eigenvalue weighted by Crippen LogP contribution is 2.36. The maximum absolute atomic E-state index is 9.44. The predicted molar refractivity (Wildman–Crippen MR) is 78.1 cm³/mol. The van der Waals surface area contributed by atoms with E-state index in [0.29, 0.717) is 5.56 Å². The van der Waals surface area contributed by atoms with E-state index in [1.807, 2.05) is 6.07 Å². The van der Waals surface area contributed by atoms with Gasteiger partial charge in [0.2, 0.25) is 0 Å². The largest absolute Gasteiger partial charge is 0.325 e. The van der Waals surface area contributed by atoms with Crippen molar-refractivity contribution >= 4 is 11.5 Å². The molecule has 98 valence electrons. The third-order valence-electron chi connectivity index (χ3n) is 4.29. The van der Waals surface area contributed by atoms with E-state index in [9.17, 15) is 5.26 Å². The lowest BCUT2D eigenvalue weighted by Gasteiger charge is -2.20. The molecule has 0 saturated heterocycles. The van der Waals surface area contributed by atoms with Crippen LogP contribution >= 0.6 is 0 Å². The Kier molecular flexibility index (Phi) is 2.50. The van der Waals surface area contributed by atoms with E-state index in [0.717, 1.165) is 38.0 Å². The molecule has 2 aliphatic rings. The van der Waals surface area contributed by atoms with Crippen molar-refractivity contribution in [2.75, 3.05) is 11.4 Å². The maximum Gasteiger partial charge on any atom is 0.151 e. The third-order valence-corrected chi connectivity index (χ3v) is 4.29. The Morgan fingerprint density at radius 1 is 1.10 bits per heavy atom. The number of pyridine rings is 1. The number of anilines is 2. The molecule has 0 radical (unpaired) electrons. The Labute approximate surface area is 118 Å². The lowest BCUT2D eigenvalue weighted by atomic mass is 10.1. The van der Waals surface area contributed by atoms with Crippen LogP contribution in [0.25, 0.3) is 0 Å². The van der Waals surface area contributed by atoms with Crippen LogP contribution < -0.4 is 4.90 Å². The number of fused-ring (bicyclic) bond motifs is 2. The lowest BCUT2D eigenvalue weighted by molar-refractivity contribution is 0.894. The van der Waals surface area contributed by atoms with Crippen molar-refractivity contribution < 1.29 is 0 Å². The summed E-state index contributed by atoms with van der Waals surface area (Å²) in [4.78, 5) is 7.01. The van der Waals surface area contributed by atoms with Crippen LogP contribution in [0.2, 0.25) is 0 Å². The van der Waals surface area contributed by atoms with Crippen molar-refractivity contribution in [3.8, 4) is 6.07 Å². The Morgan fingerprint density at radius 2 is 2.00 bits per heavy atom. The summed E-state index contributed by atoms with van der Waals surface area (Å²) in [6, 6.07) is 12.8. The number of aromatic nitrogens is 1. The van der Waals surface area contributed by atoms with Gasteiger partial charge in [0.15, 0.2) is 5.82 Å². The first-order valence-corrected chi connectivity index (χ1v) is 7.15. The van der Waals surface area contributed by atoms with E-state index in [-0.39, 0.29) is 0 Å². The van der Waals surface area contributed by atoms with Gasteiger partial charge in [-0.2, -0.15) is 5.26 Å². The first-order valence-electron chi connectivity index (χ1n) is 7.15. The van der Waals surface area contributed by atoms with Gasteiger partial charge in [0.05, 0.1) is 5.56 Å². The molecule has 2 aromatic rings. The van der Waals surface area contributed by atoms with Gasteiger partial charge >= 0.3 is 0 Å². The number of rotatable bonds is 1. The highest BCUT2D eigenvalue weighted by Gasteiger charge is 2.25. The van der Waals surface area contributed by atoms with Gasteiger partial charge in [-0.15, -0.1) is 0 Å². The van der Waals surface area contributed by atoms with Crippen LogP contribution in [0.4, 0.5) is 11.5 Å². The number of nitrogens with zero attached hydrogens (tertiary/aromatic N) is 3. The highest BCUT2D eigenvalue weighted by molar-refractivity contribution is 5.71. The molecular weight excluding hydrogens is 246 g/mol. The van der Waals surface area contributed by atoms with E-state index in [4.69, 9.17) is 4.98 Å². The SMILES string of the molecule is N#Cc1cc2c(nc1N1CCc3ccccc31)CCC2. The molecule has 1 aliphatic carbocycles. The molecule has 1 aromatic carbocycles. The molecule has 3 heteroatoms. The summed E-state index contributed by atoms with van der Waals surface area (Å²) >= 11 is 0. The van der Waals surface area contributed by atoms with Gasteiger partial charge in [0.25, 0.3) is 0 Å². The van der Waals surface area contributed by atoms with Crippen LogP contribution in [0.15, 0.2) is 30.3 Å². The molecule has 20 heavy (non-hydrogen) atoms. The zero-order valence-corrected chi connectivity index (χ0v) is 11.3. The zero-order chi connectivity index (χ0) is 13.5. The maximum atomic E-state index is 9.44. The first kappa shape index (κ1) is 11.5. The van der Waals surface area contributed by atoms with E-state index in [2.05, 4.69) is 35.2 Å². The predicted octanol–water partition coefficient (Wildman–Crippen LogP) is 3.14. The van der Waals surface area contributed by atoms with Crippen molar-refractivity contribution in [3.05, 3.63) is 52.7 Å². The van der Waals surface area contributed by atoms with Crippen molar-refractivity contribution in [2.45, 2.75) is 25.7 Å². The number of nitriles is 1. The van der Waals surface area contributed by atoms with E-state index in [1.165, 1.54) is 22.5 Å². The minimum atomic E-state index is 0.711. The molecule has 3 nitrogen and oxygen atoms in total. The van der Waals surface area contributed by atoms with E-state index < -0.39 is 0 Å². The molecule has 1 aliphatic heterocycles. The lowest BCUT2D eigenvalue weighted by Crippen LogP contribution is -2.17. The van der Waals surface area contributed by atoms with Crippen LogP contribution in [-0.4, -0.2) is 11.5 Å². The fourth-order valence-corrected chi connectivity index (χ4v) is 3.31. The molecule has 0 unspecified atom stereocenters. The number of para-hydroxylation sites is 1. The quantitative estimate of drug-likeness (QED) is 0.791. The second-order valence-electron chi connectivity index (χ2n) is 5.46. The smallest absolute Gasteiger partial charge is 0.151 e. The summed E-state index contributed by atoms with van der Waals surface area (Å²) in [5.74, 6) is 0.845. The van der Waals surface area contributed by atoms with Crippen LogP contribution in [0.3, 0.4) is 0 Å². The van der Waals surface area contributed by atoms with Gasteiger partial charge in [-0.1, -0.05) is 18.2 Å². The van der Waals surface area contributed by atoms with Gasteiger partial charge in [-0.25, -0.2) is 4.98 Å². The molecule has 0 saturated carbocycles. The molecule has 0 bridgehead atoms. The minimum Gasteiger partial charge on any atom is -0.325 e. The van der Waals surface area contributed by atoms with Gasteiger partial charge in [-0.05, 0) is 48.9 Å². The molecule has 0 N–H and O–H groups in total. The van der Waals surface area contributed by atoms with Crippen LogP contribution in [0, 0.1) is 11.3 Å². The highest BCUT2D eigenvalue weighted by atomic mass is 15.2. The van der Waals surface area contributed by atoms with Gasteiger partial charge < -0.3 is 4.90 Å². The second kappa shape index (κ2) is 4.35. The summed E-state index contributed by atoms with van der Waals surface area (Å²) in [5.41, 5.74) is 5.71. The van der Waals surface area contributed by atoms with Crippen molar-refractivity contribution in [3.63, 3.8) is 0 Å². The van der Waals surface area contributed by atoms with Gasteiger partial charge in [0.1, 0.15) is 6.07 Å². The Morgan fingerprint density at radius 3 is 2.90 bits per heavy atom. The normalized spacial score (nSPS) is 15.8. The number of aryl methyl sites for hydroxylation is 2. The van der Waals surface area contributed by atoms with E-state index in [1.54, 1.807) is 0 Å².